The number of rotatable bonds is 1. The molecule has 1 heterocycles. The largest absolute Gasteiger partial charge is 0.501 e. The molecule has 0 bridgehead atoms. The molecule has 0 atom stereocenters. The van der Waals surface area contributed by atoms with Gasteiger partial charge in [-0.25, -0.2) is 0 Å². The van der Waals surface area contributed by atoms with E-state index in [0.717, 1.165) is 0 Å². The third-order valence-corrected chi connectivity index (χ3v) is 1.17. The van der Waals surface area contributed by atoms with Gasteiger partial charge < -0.3 is 9.21 Å². The Morgan fingerprint density at radius 2 is 2.36 bits per heavy atom. The van der Waals surface area contributed by atoms with E-state index in [1.807, 2.05) is 18.2 Å². The number of hydrogen-bond donors (Lipinski definition) is 0. The van der Waals surface area contributed by atoms with Crippen LogP contribution in [0, 0.1) is 12.2 Å². The molecular formula is C11H7O2Y-. The average molecular weight is 260 g/mol. The van der Waals surface area contributed by atoms with Crippen molar-refractivity contribution in [3.63, 3.8) is 0 Å². The Labute approximate surface area is 108 Å². The molecule has 2 nitrogen and oxygen atoms in total. The molecule has 0 unspecified atom stereocenters. The number of hydrogen-bond acceptors (Lipinski definition) is 2. The standard InChI is InChI=1S/C6H4.C5H3O2.Y/c1-2-4-6-5-3-1;6-4-5-2-1-3-7-5;/h1-3,6H;1-3H;/q;-1;. The Balaban J connectivity index is 0.000000227. The van der Waals surface area contributed by atoms with Crippen molar-refractivity contribution < 1.29 is 41.9 Å². The van der Waals surface area contributed by atoms with E-state index >= 15 is 0 Å². The molecule has 0 spiro atoms. The number of allylic oxidation sites excluding steroid dienone is 6. The number of furan rings is 1. The smallest absolute Gasteiger partial charge is 0.0690 e. The maximum atomic E-state index is 9.65. The van der Waals surface area contributed by atoms with E-state index in [1.165, 1.54) is 6.26 Å². The first-order chi connectivity index (χ1) is 6.43. The summed E-state index contributed by atoms with van der Waals surface area (Å²) >= 11 is 0. The predicted molar refractivity (Wildman–Crippen MR) is 48.3 cm³/mol. The van der Waals surface area contributed by atoms with Crippen molar-refractivity contribution in [1.82, 2.24) is 0 Å². The van der Waals surface area contributed by atoms with Gasteiger partial charge in [-0.1, -0.05) is 12.2 Å². The minimum absolute atomic E-state index is 0. The summed E-state index contributed by atoms with van der Waals surface area (Å²) in [7, 11) is 0. The molecule has 1 aliphatic rings. The summed E-state index contributed by atoms with van der Waals surface area (Å²) in [5.41, 5.74) is 0. The average Bonchev–Trinajstić information content (AvgIpc) is 2.74. The monoisotopic (exact) mass is 260 g/mol. The van der Waals surface area contributed by atoms with Crippen molar-refractivity contribution in [3.8, 4) is 0 Å². The topological polar surface area (TPSA) is 30.2 Å². The molecule has 0 saturated carbocycles. The van der Waals surface area contributed by atoms with E-state index in [2.05, 4.69) is 16.6 Å². The number of carbonyl (C=O) groups excluding carboxylic acids is 1. The summed E-state index contributed by atoms with van der Waals surface area (Å²) in [5, 5.41) is 0. The second-order valence-electron chi connectivity index (χ2n) is 2.08. The molecule has 3 heteroatoms. The minimum Gasteiger partial charge on any atom is -0.501 e. The summed E-state index contributed by atoms with van der Waals surface area (Å²) in [6, 6.07) is 3.19. The van der Waals surface area contributed by atoms with E-state index < -0.39 is 0 Å². The SMILES string of the molecule is O=[C-]c1ccco1.[C+]1=CC=C[C-]=C1.[Y]. The van der Waals surface area contributed by atoms with Gasteiger partial charge in [0.05, 0.1) is 6.26 Å². The molecule has 67 valence electrons. The quantitative estimate of drug-likeness (QED) is 0.723. The van der Waals surface area contributed by atoms with Gasteiger partial charge in [0.25, 0.3) is 0 Å². The molecular weight excluding hydrogens is 253 g/mol. The summed E-state index contributed by atoms with van der Waals surface area (Å²) in [6.07, 6.45) is 16.0. The summed E-state index contributed by atoms with van der Waals surface area (Å²) in [5.74, 6) is 0.250. The van der Waals surface area contributed by atoms with Gasteiger partial charge in [0.2, 0.25) is 0 Å². The van der Waals surface area contributed by atoms with Crippen LogP contribution in [-0.4, -0.2) is 6.29 Å². The van der Waals surface area contributed by atoms with Crippen LogP contribution in [-0.2, 0) is 37.5 Å². The third kappa shape index (κ3) is 5.77. The van der Waals surface area contributed by atoms with Crippen molar-refractivity contribution in [1.29, 1.82) is 0 Å². The van der Waals surface area contributed by atoms with Gasteiger partial charge in [-0.15, -0.1) is 12.1 Å². The van der Waals surface area contributed by atoms with Gasteiger partial charge in [-0.2, -0.15) is 6.07 Å². The molecule has 1 aromatic rings. The zero-order chi connectivity index (χ0) is 9.36. The van der Waals surface area contributed by atoms with Crippen LogP contribution in [0.5, 0.6) is 0 Å². The van der Waals surface area contributed by atoms with E-state index in [0.29, 0.717) is 0 Å². The van der Waals surface area contributed by atoms with E-state index in [4.69, 9.17) is 0 Å². The molecule has 0 amide bonds. The fourth-order valence-corrected chi connectivity index (χ4v) is 0.640. The van der Waals surface area contributed by atoms with Crippen LogP contribution in [0.4, 0.5) is 0 Å². The van der Waals surface area contributed by atoms with Crippen LogP contribution >= 0.6 is 0 Å². The Morgan fingerprint density at radius 3 is 2.57 bits per heavy atom. The Hall–Kier alpha value is -0.816. The van der Waals surface area contributed by atoms with Crippen LogP contribution < -0.4 is 0 Å². The summed E-state index contributed by atoms with van der Waals surface area (Å²) in [4.78, 5) is 9.65. The van der Waals surface area contributed by atoms with Gasteiger partial charge in [0, 0.05) is 39.0 Å². The van der Waals surface area contributed by atoms with E-state index in [9.17, 15) is 4.79 Å². The van der Waals surface area contributed by atoms with Crippen molar-refractivity contribution >= 4 is 6.29 Å². The van der Waals surface area contributed by atoms with Crippen molar-refractivity contribution in [2.45, 2.75) is 0 Å². The molecule has 1 aromatic heterocycles. The van der Waals surface area contributed by atoms with Gasteiger partial charge >= 0.3 is 0 Å². The molecule has 0 N–H and O–H groups in total. The predicted octanol–water partition coefficient (Wildman–Crippen LogP) is 2.01. The Morgan fingerprint density at radius 1 is 1.50 bits per heavy atom. The van der Waals surface area contributed by atoms with Gasteiger partial charge in [0.1, 0.15) is 0 Å². The van der Waals surface area contributed by atoms with Crippen molar-refractivity contribution in [2.75, 3.05) is 0 Å². The fraction of sp³-hybridized carbons (Fsp3) is 0. The first-order valence-electron chi connectivity index (χ1n) is 3.67. The summed E-state index contributed by atoms with van der Waals surface area (Å²) in [6.45, 7) is 0. The zero-order valence-corrected chi connectivity index (χ0v) is 10.3. The zero-order valence-electron chi connectivity index (χ0n) is 7.44. The molecule has 2 rings (SSSR count). The van der Waals surface area contributed by atoms with Crippen LogP contribution in [0.25, 0.3) is 0 Å². The second kappa shape index (κ2) is 8.77. The molecule has 0 fully saturated rings. The van der Waals surface area contributed by atoms with E-state index in [-0.39, 0.29) is 38.5 Å². The third-order valence-electron chi connectivity index (χ3n) is 1.17. The molecule has 1 aliphatic carbocycles. The molecule has 14 heavy (non-hydrogen) atoms. The van der Waals surface area contributed by atoms with Gasteiger partial charge in [-0.3, -0.25) is 0 Å². The van der Waals surface area contributed by atoms with Gasteiger partial charge in [-0.05, 0) is 24.0 Å². The van der Waals surface area contributed by atoms with Crippen LogP contribution in [0.3, 0.4) is 0 Å². The van der Waals surface area contributed by atoms with Crippen LogP contribution in [0.2, 0.25) is 0 Å². The maximum absolute atomic E-state index is 9.65. The molecule has 0 aliphatic heterocycles. The van der Waals surface area contributed by atoms with Crippen molar-refractivity contribution in [3.05, 3.63) is 60.6 Å². The second-order valence-corrected chi connectivity index (χ2v) is 2.08. The molecule has 1 radical (unpaired) electrons. The first kappa shape index (κ1) is 13.2. The Kier molecular flexibility index (Phi) is 8.26. The molecule has 0 aromatic carbocycles. The Bertz CT molecular complexity index is 285. The van der Waals surface area contributed by atoms with Crippen LogP contribution in [0.15, 0.2) is 47.1 Å². The maximum Gasteiger partial charge on any atom is 0.0690 e. The van der Waals surface area contributed by atoms with Crippen LogP contribution in [0.1, 0.15) is 5.76 Å². The molecule has 0 saturated heterocycles. The van der Waals surface area contributed by atoms with E-state index in [1.54, 1.807) is 24.5 Å². The summed E-state index contributed by atoms with van der Waals surface area (Å²) < 4.78 is 4.56. The minimum atomic E-state index is 0. The van der Waals surface area contributed by atoms with Crippen molar-refractivity contribution in [2.24, 2.45) is 0 Å². The normalized spacial score (nSPS) is 10.6. The fourth-order valence-electron chi connectivity index (χ4n) is 0.640. The first-order valence-corrected chi connectivity index (χ1v) is 3.67. The van der Waals surface area contributed by atoms with Gasteiger partial charge in [0.15, 0.2) is 0 Å².